The van der Waals surface area contributed by atoms with Gasteiger partial charge in [0.2, 0.25) is 5.95 Å². The fraction of sp³-hybridized carbons (Fsp3) is 0.391. The number of urea groups is 1. The molecule has 0 bridgehead atoms. The van der Waals surface area contributed by atoms with Gasteiger partial charge in [-0.25, -0.2) is 19.7 Å². The topological polar surface area (TPSA) is 113 Å². The number of ether oxygens (including phenoxy) is 1. The van der Waals surface area contributed by atoms with Crippen LogP contribution in [-0.4, -0.2) is 53.8 Å². The molecule has 0 aliphatic heterocycles. The SMILES string of the molecule is CCNC(=O)NCc1ccccc1-c1cc(-c2cnc(NC(C)C)s2)nc(NCCOC)n1. The first-order chi connectivity index (χ1) is 16.0. The monoisotopic (exact) mass is 469 g/mol. The summed E-state index contributed by atoms with van der Waals surface area (Å²) in [7, 11) is 1.66. The highest BCUT2D eigenvalue weighted by atomic mass is 32.1. The van der Waals surface area contributed by atoms with Crippen LogP contribution in [0.4, 0.5) is 15.9 Å². The van der Waals surface area contributed by atoms with Gasteiger partial charge in [-0.05, 0) is 32.4 Å². The van der Waals surface area contributed by atoms with Gasteiger partial charge in [-0.1, -0.05) is 35.6 Å². The zero-order valence-electron chi connectivity index (χ0n) is 19.4. The highest BCUT2D eigenvalue weighted by Gasteiger charge is 2.14. The maximum absolute atomic E-state index is 11.9. The van der Waals surface area contributed by atoms with E-state index in [2.05, 4.69) is 40.1 Å². The molecule has 0 fully saturated rings. The lowest BCUT2D eigenvalue weighted by Gasteiger charge is -2.13. The Bertz CT molecular complexity index is 1050. The fourth-order valence-electron chi connectivity index (χ4n) is 3.08. The van der Waals surface area contributed by atoms with Gasteiger partial charge in [-0.15, -0.1) is 0 Å². The maximum Gasteiger partial charge on any atom is 0.315 e. The molecule has 0 aliphatic carbocycles. The van der Waals surface area contributed by atoms with Gasteiger partial charge in [0, 0.05) is 44.5 Å². The highest BCUT2D eigenvalue weighted by molar-refractivity contribution is 7.18. The third kappa shape index (κ3) is 7.13. The summed E-state index contributed by atoms with van der Waals surface area (Å²) >= 11 is 1.55. The van der Waals surface area contributed by atoms with Gasteiger partial charge in [-0.3, -0.25) is 0 Å². The van der Waals surface area contributed by atoms with Gasteiger partial charge < -0.3 is 26.0 Å². The molecule has 0 saturated heterocycles. The lowest BCUT2D eigenvalue weighted by atomic mass is 10.0. The van der Waals surface area contributed by atoms with Crippen molar-refractivity contribution in [3.63, 3.8) is 0 Å². The van der Waals surface area contributed by atoms with E-state index in [1.165, 1.54) is 0 Å². The Balaban J connectivity index is 1.96. The molecular weight excluding hydrogens is 438 g/mol. The van der Waals surface area contributed by atoms with Crippen LogP contribution in [0.1, 0.15) is 26.3 Å². The number of hydrogen-bond donors (Lipinski definition) is 4. The molecular formula is C23H31N7O2S. The second kappa shape index (κ2) is 12.1. The van der Waals surface area contributed by atoms with Crippen molar-refractivity contribution in [2.24, 2.45) is 0 Å². The molecule has 2 aromatic heterocycles. The number of aromatic nitrogens is 3. The molecule has 0 radical (unpaired) electrons. The second-order valence-electron chi connectivity index (χ2n) is 7.58. The van der Waals surface area contributed by atoms with Crippen LogP contribution in [0.25, 0.3) is 21.8 Å². The van der Waals surface area contributed by atoms with Crippen LogP contribution < -0.4 is 21.3 Å². The number of carbonyl (C=O) groups excluding carboxylic acids is 1. The van der Waals surface area contributed by atoms with Crippen LogP contribution in [0.2, 0.25) is 0 Å². The van der Waals surface area contributed by atoms with Gasteiger partial charge in [0.25, 0.3) is 0 Å². The van der Waals surface area contributed by atoms with Crippen molar-refractivity contribution in [1.29, 1.82) is 0 Å². The summed E-state index contributed by atoms with van der Waals surface area (Å²) in [6.07, 6.45) is 1.82. The van der Waals surface area contributed by atoms with Crippen LogP contribution in [0.5, 0.6) is 0 Å². The summed E-state index contributed by atoms with van der Waals surface area (Å²) in [6, 6.07) is 9.94. The minimum atomic E-state index is -0.201. The molecule has 33 heavy (non-hydrogen) atoms. The minimum absolute atomic E-state index is 0.201. The lowest BCUT2D eigenvalue weighted by molar-refractivity contribution is 0.210. The molecule has 0 unspecified atom stereocenters. The average molecular weight is 470 g/mol. The minimum Gasteiger partial charge on any atom is -0.383 e. The number of hydrogen-bond acceptors (Lipinski definition) is 8. The number of anilines is 2. The third-order valence-electron chi connectivity index (χ3n) is 4.56. The summed E-state index contributed by atoms with van der Waals surface area (Å²) < 4.78 is 5.15. The molecule has 10 heteroatoms. The van der Waals surface area contributed by atoms with E-state index in [0.29, 0.717) is 38.2 Å². The number of rotatable bonds is 11. The van der Waals surface area contributed by atoms with E-state index in [1.807, 2.05) is 43.5 Å². The fourth-order valence-corrected chi connectivity index (χ4v) is 4.01. The Hall–Kier alpha value is -3.24. The van der Waals surface area contributed by atoms with Crippen LogP contribution in [0.3, 0.4) is 0 Å². The average Bonchev–Trinajstić information content (AvgIpc) is 3.26. The first-order valence-corrected chi connectivity index (χ1v) is 11.8. The van der Waals surface area contributed by atoms with Crippen molar-refractivity contribution < 1.29 is 9.53 Å². The van der Waals surface area contributed by atoms with Gasteiger partial charge in [-0.2, -0.15) is 0 Å². The first kappa shape index (κ1) is 24.4. The van der Waals surface area contributed by atoms with Crippen LogP contribution in [0.15, 0.2) is 36.5 Å². The molecule has 3 aromatic rings. The molecule has 4 N–H and O–H groups in total. The van der Waals surface area contributed by atoms with Gasteiger partial charge >= 0.3 is 6.03 Å². The summed E-state index contributed by atoms with van der Waals surface area (Å²) in [5.74, 6) is 0.512. The quantitative estimate of drug-likeness (QED) is 0.314. The molecule has 1 aromatic carbocycles. The number of benzene rings is 1. The van der Waals surface area contributed by atoms with Crippen LogP contribution >= 0.6 is 11.3 Å². The Labute approximate surface area is 198 Å². The number of nitrogens with one attached hydrogen (secondary N) is 4. The molecule has 9 nitrogen and oxygen atoms in total. The zero-order chi connectivity index (χ0) is 23.6. The summed E-state index contributed by atoms with van der Waals surface area (Å²) in [5.41, 5.74) is 3.43. The summed E-state index contributed by atoms with van der Waals surface area (Å²) in [4.78, 5) is 26.8. The van der Waals surface area contributed by atoms with Gasteiger partial charge in [0.15, 0.2) is 5.13 Å². The van der Waals surface area contributed by atoms with E-state index in [0.717, 1.165) is 32.5 Å². The number of methoxy groups -OCH3 is 1. The largest absolute Gasteiger partial charge is 0.383 e. The molecule has 2 amide bonds. The lowest BCUT2D eigenvalue weighted by Crippen LogP contribution is -2.34. The maximum atomic E-state index is 11.9. The van der Waals surface area contributed by atoms with Crippen molar-refractivity contribution in [2.45, 2.75) is 33.4 Å². The van der Waals surface area contributed by atoms with Crippen molar-refractivity contribution in [2.75, 3.05) is 37.4 Å². The van der Waals surface area contributed by atoms with Crippen molar-refractivity contribution in [1.82, 2.24) is 25.6 Å². The third-order valence-corrected chi connectivity index (χ3v) is 5.51. The predicted molar refractivity (Wildman–Crippen MR) is 134 cm³/mol. The Morgan fingerprint density at radius 3 is 2.70 bits per heavy atom. The second-order valence-corrected chi connectivity index (χ2v) is 8.61. The van der Waals surface area contributed by atoms with E-state index < -0.39 is 0 Å². The van der Waals surface area contributed by atoms with Crippen molar-refractivity contribution >= 4 is 28.4 Å². The molecule has 2 heterocycles. The van der Waals surface area contributed by atoms with Gasteiger partial charge in [0.1, 0.15) is 0 Å². The van der Waals surface area contributed by atoms with E-state index >= 15 is 0 Å². The van der Waals surface area contributed by atoms with Crippen molar-refractivity contribution in [3.8, 4) is 21.8 Å². The predicted octanol–water partition coefficient (Wildman–Crippen LogP) is 3.96. The molecule has 176 valence electrons. The summed E-state index contributed by atoms with van der Waals surface area (Å²) in [6.45, 7) is 8.12. The Morgan fingerprint density at radius 1 is 1.15 bits per heavy atom. The normalized spacial score (nSPS) is 10.8. The molecule has 0 saturated carbocycles. The van der Waals surface area contributed by atoms with E-state index in [4.69, 9.17) is 14.7 Å². The van der Waals surface area contributed by atoms with E-state index in [9.17, 15) is 4.79 Å². The Morgan fingerprint density at radius 2 is 1.94 bits per heavy atom. The highest BCUT2D eigenvalue weighted by Crippen LogP contribution is 2.32. The Kier molecular flexibility index (Phi) is 8.96. The van der Waals surface area contributed by atoms with Crippen LogP contribution in [0, 0.1) is 0 Å². The number of thiazole rings is 1. The van der Waals surface area contributed by atoms with Gasteiger partial charge in [0.05, 0.1) is 22.9 Å². The number of nitrogens with zero attached hydrogens (tertiary/aromatic N) is 3. The first-order valence-electron chi connectivity index (χ1n) is 10.9. The van der Waals surface area contributed by atoms with Crippen LogP contribution in [-0.2, 0) is 11.3 Å². The standard InChI is InChI=1S/C23H31N7O2S/c1-5-24-22(31)26-13-16-8-6-7-9-17(16)18-12-19(30-21(29-18)25-10-11-32-4)20-14-27-23(33-20)28-15(2)3/h6-9,12,14-15H,5,10-11,13H2,1-4H3,(H,27,28)(H2,24,26,31)(H,25,29,30). The smallest absolute Gasteiger partial charge is 0.315 e. The molecule has 0 atom stereocenters. The zero-order valence-corrected chi connectivity index (χ0v) is 20.3. The number of amides is 2. The number of carbonyl (C=O) groups is 1. The molecule has 3 rings (SSSR count). The molecule has 0 aliphatic rings. The van der Waals surface area contributed by atoms with E-state index in [1.54, 1.807) is 18.4 Å². The van der Waals surface area contributed by atoms with Crippen molar-refractivity contribution in [3.05, 3.63) is 42.1 Å². The summed E-state index contributed by atoms with van der Waals surface area (Å²) in [5, 5.41) is 13.1. The van der Waals surface area contributed by atoms with E-state index in [-0.39, 0.29) is 6.03 Å². The molecule has 0 spiro atoms.